The van der Waals surface area contributed by atoms with Gasteiger partial charge in [-0.05, 0) is 31.1 Å². The second kappa shape index (κ2) is 4.88. The van der Waals surface area contributed by atoms with E-state index in [4.69, 9.17) is 5.11 Å². The van der Waals surface area contributed by atoms with E-state index in [1.807, 2.05) is 13.8 Å². The molecule has 2 rings (SSSR count). The molecule has 18 heavy (non-hydrogen) atoms. The molecule has 0 aromatic carbocycles. The van der Waals surface area contributed by atoms with Crippen LogP contribution in [0.4, 0.5) is 4.79 Å². The minimum Gasteiger partial charge on any atom is -0.396 e. The number of carbonyl (C=O) groups is 2. The number of carbonyl (C=O) groups excluding carboxylic acids is 2. The van der Waals surface area contributed by atoms with Crippen molar-refractivity contribution in [1.29, 1.82) is 0 Å². The minimum absolute atomic E-state index is 0.00479. The van der Waals surface area contributed by atoms with E-state index in [9.17, 15) is 9.59 Å². The average Bonchev–Trinajstić information content (AvgIpc) is 2.58. The summed E-state index contributed by atoms with van der Waals surface area (Å²) >= 11 is 0. The second-order valence-corrected chi connectivity index (χ2v) is 5.57. The van der Waals surface area contributed by atoms with Crippen molar-refractivity contribution in [2.75, 3.05) is 13.2 Å². The third kappa shape index (κ3) is 1.81. The van der Waals surface area contributed by atoms with Gasteiger partial charge >= 0.3 is 6.03 Å². The van der Waals surface area contributed by atoms with Crippen LogP contribution in [0, 0.1) is 11.8 Å². The van der Waals surface area contributed by atoms with E-state index >= 15 is 0 Å². The Morgan fingerprint density at radius 2 is 1.94 bits per heavy atom. The standard InChI is InChI=1S/C13H22N2O3/c1-9-5-3-6-10(2)13(9)11(17)15(7-4-8-16)12(18)14-13/h9-10,16H,3-8H2,1-2H3,(H,14,18). The topological polar surface area (TPSA) is 69.6 Å². The van der Waals surface area contributed by atoms with E-state index in [0.29, 0.717) is 13.0 Å². The predicted octanol–water partition coefficient (Wildman–Crippen LogP) is 1.12. The molecule has 1 saturated carbocycles. The van der Waals surface area contributed by atoms with Crippen LogP contribution in [-0.4, -0.2) is 40.6 Å². The van der Waals surface area contributed by atoms with Gasteiger partial charge in [-0.25, -0.2) is 4.79 Å². The largest absolute Gasteiger partial charge is 0.396 e. The number of aliphatic hydroxyl groups excluding tert-OH is 1. The fourth-order valence-electron chi connectivity index (χ4n) is 3.38. The molecule has 3 amide bonds. The van der Waals surface area contributed by atoms with Gasteiger partial charge < -0.3 is 10.4 Å². The summed E-state index contributed by atoms with van der Waals surface area (Å²) in [7, 11) is 0. The molecule has 1 spiro atoms. The van der Waals surface area contributed by atoms with Crippen LogP contribution in [-0.2, 0) is 4.79 Å². The molecule has 0 radical (unpaired) electrons. The van der Waals surface area contributed by atoms with E-state index < -0.39 is 5.54 Å². The molecule has 5 heteroatoms. The zero-order valence-corrected chi connectivity index (χ0v) is 11.1. The van der Waals surface area contributed by atoms with Gasteiger partial charge in [0, 0.05) is 13.2 Å². The fraction of sp³-hybridized carbons (Fsp3) is 0.846. The van der Waals surface area contributed by atoms with Gasteiger partial charge in [0.2, 0.25) is 0 Å². The zero-order valence-electron chi connectivity index (χ0n) is 11.1. The summed E-state index contributed by atoms with van der Waals surface area (Å²) in [6.07, 6.45) is 3.51. The highest BCUT2D eigenvalue weighted by atomic mass is 16.3. The summed E-state index contributed by atoms with van der Waals surface area (Å²) in [5, 5.41) is 11.8. The molecule has 0 bridgehead atoms. The van der Waals surface area contributed by atoms with Gasteiger partial charge in [0.15, 0.2) is 0 Å². The monoisotopic (exact) mass is 254 g/mol. The Morgan fingerprint density at radius 1 is 1.33 bits per heavy atom. The number of nitrogens with one attached hydrogen (secondary N) is 1. The molecule has 1 heterocycles. The smallest absolute Gasteiger partial charge is 0.325 e. The fourth-order valence-corrected chi connectivity index (χ4v) is 3.38. The van der Waals surface area contributed by atoms with Gasteiger partial charge in [-0.15, -0.1) is 0 Å². The number of rotatable bonds is 3. The number of hydrogen-bond acceptors (Lipinski definition) is 3. The molecule has 2 fully saturated rings. The molecule has 1 aliphatic carbocycles. The maximum absolute atomic E-state index is 12.6. The summed E-state index contributed by atoms with van der Waals surface area (Å²) in [5.41, 5.74) is -0.704. The summed E-state index contributed by atoms with van der Waals surface area (Å²) in [5.74, 6) is 0.259. The second-order valence-electron chi connectivity index (χ2n) is 5.57. The first-order valence-corrected chi connectivity index (χ1v) is 6.79. The van der Waals surface area contributed by atoms with Crippen molar-refractivity contribution in [3.8, 4) is 0 Å². The lowest BCUT2D eigenvalue weighted by Gasteiger charge is -2.42. The molecule has 2 unspecified atom stereocenters. The summed E-state index contributed by atoms with van der Waals surface area (Å²) in [4.78, 5) is 25.8. The molecule has 0 aromatic rings. The number of nitrogens with zero attached hydrogens (tertiary/aromatic N) is 1. The zero-order chi connectivity index (χ0) is 13.3. The Labute approximate surface area is 108 Å². The maximum Gasteiger partial charge on any atom is 0.325 e. The lowest BCUT2D eigenvalue weighted by molar-refractivity contribution is -0.136. The molecule has 1 saturated heterocycles. The van der Waals surface area contributed by atoms with E-state index in [0.717, 1.165) is 19.3 Å². The Bertz CT molecular complexity index is 346. The summed E-state index contributed by atoms with van der Waals surface area (Å²) in [6, 6.07) is -0.297. The van der Waals surface area contributed by atoms with Crippen molar-refractivity contribution in [3.63, 3.8) is 0 Å². The third-order valence-electron chi connectivity index (χ3n) is 4.53. The number of amides is 3. The van der Waals surface area contributed by atoms with Crippen molar-refractivity contribution in [2.45, 2.75) is 45.1 Å². The van der Waals surface area contributed by atoms with E-state index in [2.05, 4.69) is 5.32 Å². The molecular formula is C13H22N2O3. The highest BCUT2D eigenvalue weighted by Gasteiger charge is 2.57. The molecular weight excluding hydrogens is 232 g/mol. The van der Waals surface area contributed by atoms with Crippen LogP contribution >= 0.6 is 0 Å². The Balaban J connectivity index is 2.24. The van der Waals surface area contributed by atoms with Crippen molar-refractivity contribution >= 4 is 11.9 Å². The number of hydrogen-bond donors (Lipinski definition) is 2. The normalized spacial score (nSPS) is 36.3. The van der Waals surface area contributed by atoms with Gasteiger partial charge in [-0.1, -0.05) is 20.3 Å². The van der Waals surface area contributed by atoms with Crippen molar-refractivity contribution < 1.29 is 14.7 Å². The number of imide groups is 1. The van der Waals surface area contributed by atoms with Crippen LogP contribution in [0.25, 0.3) is 0 Å². The van der Waals surface area contributed by atoms with Gasteiger partial charge in [-0.3, -0.25) is 9.69 Å². The number of aliphatic hydroxyl groups is 1. The van der Waals surface area contributed by atoms with Crippen LogP contribution in [0.1, 0.15) is 39.5 Å². The number of urea groups is 1. The van der Waals surface area contributed by atoms with Gasteiger partial charge in [0.1, 0.15) is 5.54 Å². The average molecular weight is 254 g/mol. The van der Waals surface area contributed by atoms with Crippen molar-refractivity contribution in [2.24, 2.45) is 11.8 Å². The molecule has 1 aliphatic heterocycles. The van der Waals surface area contributed by atoms with Crippen LogP contribution in [0.3, 0.4) is 0 Å². The van der Waals surface area contributed by atoms with Crippen LogP contribution in [0.2, 0.25) is 0 Å². The summed E-state index contributed by atoms with van der Waals surface area (Å²) in [6.45, 7) is 4.39. The van der Waals surface area contributed by atoms with Gasteiger partial charge in [0.05, 0.1) is 0 Å². The lowest BCUT2D eigenvalue weighted by atomic mass is 9.67. The van der Waals surface area contributed by atoms with Crippen LogP contribution in [0.15, 0.2) is 0 Å². The highest BCUT2D eigenvalue weighted by molar-refractivity contribution is 6.07. The quantitative estimate of drug-likeness (QED) is 0.741. The first kappa shape index (κ1) is 13.3. The third-order valence-corrected chi connectivity index (χ3v) is 4.53. The van der Waals surface area contributed by atoms with Crippen molar-refractivity contribution in [1.82, 2.24) is 10.2 Å². The Morgan fingerprint density at radius 3 is 2.50 bits per heavy atom. The first-order chi connectivity index (χ1) is 8.54. The maximum atomic E-state index is 12.6. The van der Waals surface area contributed by atoms with E-state index in [-0.39, 0.29) is 30.4 Å². The van der Waals surface area contributed by atoms with E-state index in [1.165, 1.54) is 4.90 Å². The van der Waals surface area contributed by atoms with Gasteiger partial charge in [0.25, 0.3) is 5.91 Å². The SMILES string of the molecule is CC1CCCC(C)C12NC(=O)N(CCCO)C2=O. The summed E-state index contributed by atoms with van der Waals surface area (Å²) < 4.78 is 0. The molecule has 2 N–H and O–H groups in total. The molecule has 2 atom stereocenters. The lowest BCUT2D eigenvalue weighted by Crippen LogP contribution is -2.58. The van der Waals surface area contributed by atoms with Crippen molar-refractivity contribution in [3.05, 3.63) is 0 Å². The molecule has 5 nitrogen and oxygen atoms in total. The molecule has 102 valence electrons. The predicted molar refractivity (Wildman–Crippen MR) is 66.9 cm³/mol. The Hall–Kier alpha value is -1.10. The first-order valence-electron chi connectivity index (χ1n) is 6.79. The molecule has 0 aromatic heterocycles. The Kier molecular flexibility index (Phi) is 3.61. The van der Waals surface area contributed by atoms with Crippen LogP contribution in [0.5, 0.6) is 0 Å². The van der Waals surface area contributed by atoms with E-state index in [1.54, 1.807) is 0 Å². The minimum atomic E-state index is -0.704. The highest BCUT2D eigenvalue weighted by Crippen LogP contribution is 2.42. The van der Waals surface area contributed by atoms with Gasteiger partial charge in [-0.2, -0.15) is 0 Å². The van der Waals surface area contributed by atoms with Crippen LogP contribution < -0.4 is 5.32 Å². The molecule has 2 aliphatic rings.